The molecule has 0 aliphatic carbocycles. The van der Waals surface area contributed by atoms with Crippen LogP contribution in [0.3, 0.4) is 0 Å². The van der Waals surface area contributed by atoms with E-state index >= 15 is 0 Å². The second kappa shape index (κ2) is 9.82. The van der Waals surface area contributed by atoms with Crippen molar-refractivity contribution >= 4 is 5.91 Å². The maximum atomic E-state index is 13.6. The summed E-state index contributed by atoms with van der Waals surface area (Å²) in [6.07, 6.45) is 4.88. The summed E-state index contributed by atoms with van der Waals surface area (Å²) >= 11 is 0. The van der Waals surface area contributed by atoms with Crippen molar-refractivity contribution in [3.63, 3.8) is 0 Å². The number of amides is 1. The van der Waals surface area contributed by atoms with E-state index in [9.17, 15) is 4.79 Å². The molecule has 4 heteroatoms. The first-order chi connectivity index (χ1) is 14.1. The third-order valence-electron chi connectivity index (χ3n) is 6.02. The average molecular weight is 396 g/mol. The fourth-order valence-corrected chi connectivity index (χ4v) is 4.37. The minimum atomic E-state index is -0.0945. The molecule has 0 spiro atoms. The van der Waals surface area contributed by atoms with E-state index in [1.807, 2.05) is 18.2 Å². The minimum absolute atomic E-state index is 0.0860. The van der Waals surface area contributed by atoms with Gasteiger partial charge in [-0.3, -0.25) is 4.79 Å². The highest BCUT2D eigenvalue weighted by molar-refractivity contribution is 5.80. The van der Waals surface area contributed by atoms with E-state index in [0.29, 0.717) is 5.75 Å². The van der Waals surface area contributed by atoms with Gasteiger partial charge in [-0.1, -0.05) is 57.0 Å². The van der Waals surface area contributed by atoms with Crippen LogP contribution in [-0.4, -0.2) is 31.6 Å². The van der Waals surface area contributed by atoms with Gasteiger partial charge in [0.1, 0.15) is 0 Å². The molecule has 29 heavy (non-hydrogen) atoms. The zero-order valence-electron chi connectivity index (χ0n) is 18.1. The van der Waals surface area contributed by atoms with Crippen LogP contribution in [0.15, 0.2) is 42.5 Å². The van der Waals surface area contributed by atoms with Gasteiger partial charge in [0.05, 0.1) is 20.3 Å². The van der Waals surface area contributed by atoms with Crippen LogP contribution in [-0.2, 0) is 11.2 Å². The largest absolute Gasteiger partial charge is 0.493 e. The van der Waals surface area contributed by atoms with Crippen molar-refractivity contribution < 1.29 is 14.3 Å². The molecule has 0 unspecified atom stereocenters. The number of ether oxygens (including phenoxy) is 2. The van der Waals surface area contributed by atoms with E-state index in [0.717, 1.165) is 55.5 Å². The maximum absolute atomic E-state index is 13.6. The van der Waals surface area contributed by atoms with E-state index < -0.39 is 0 Å². The molecular weight excluding hydrogens is 362 g/mol. The number of benzene rings is 2. The standard InChI is InChI=1S/C25H33NO3/c1-5-7-11-18(6-2)25(27)26-15-14-20-16-22(28-3)23(29-4)17-21(20)24(26)19-12-9-8-10-13-19/h8-10,12-13,16-18,24H,5-7,11,14-15H2,1-4H3/t18-,24-/m0/s1. The summed E-state index contributed by atoms with van der Waals surface area (Å²) in [5.41, 5.74) is 3.50. The number of carbonyl (C=O) groups excluding carboxylic acids is 1. The van der Waals surface area contributed by atoms with Crippen molar-refractivity contribution in [3.05, 3.63) is 59.2 Å². The molecule has 0 fully saturated rings. The first-order valence-corrected chi connectivity index (χ1v) is 10.7. The Labute approximate surface area is 174 Å². The Kier molecular flexibility index (Phi) is 7.18. The number of unbranched alkanes of at least 4 members (excludes halogenated alkanes) is 1. The van der Waals surface area contributed by atoms with Gasteiger partial charge in [0.15, 0.2) is 11.5 Å². The van der Waals surface area contributed by atoms with Gasteiger partial charge in [0.25, 0.3) is 0 Å². The molecule has 2 aromatic carbocycles. The zero-order chi connectivity index (χ0) is 20.8. The van der Waals surface area contributed by atoms with E-state index in [1.54, 1.807) is 14.2 Å². The van der Waals surface area contributed by atoms with Crippen LogP contribution >= 0.6 is 0 Å². The summed E-state index contributed by atoms with van der Waals surface area (Å²) in [4.78, 5) is 15.7. The lowest BCUT2D eigenvalue weighted by molar-refractivity contribution is -0.138. The molecule has 1 aliphatic heterocycles. The SMILES string of the molecule is CCCC[C@H](CC)C(=O)N1CCc2cc(OC)c(OC)cc2[C@@H]1c1ccccc1. The van der Waals surface area contributed by atoms with Crippen LogP contribution in [0, 0.1) is 5.92 Å². The maximum Gasteiger partial charge on any atom is 0.226 e. The van der Waals surface area contributed by atoms with Crippen molar-refractivity contribution in [3.8, 4) is 11.5 Å². The monoisotopic (exact) mass is 395 g/mol. The fraction of sp³-hybridized carbons (Fsp3) is 0.480. The molecule has 3 rings (SSSR count). The Morgan fingerprint density at radius 1 is 1.10 bits per heavy atom. The van der Waals surface area contributed by atoms with Gasteiger partial charge in [-0.2, -0.15) is 0 Å². The number of fused-ring (bicyclic) bond motifs is 1. The first kappa shape index (κ1) is 21.2. The molecule has 156 valence electrons. The molecule has 0 saturated heterocycles. The molecule has 0 N–H and O–H groups in total. The third kappa shape index (κ3) is 4.42. The molecule has 0 aromatic heterocycles. The average Bonchev–Trinajstić information content (AvgIpc) is 2.78. The highest BCUT2D eigenvalue weighted by Crippen LogP contribution is 2.41. The smallest absolute Gasteiger partial charge is 0.226 e. The highest BCUT2D eigenvalue weighted by atomic mass is 16.5. The van der Waals surface area contributed by atoms with Crippen molar-refractivity contribution in [1.29, 1.82) is 0 Å². The molecule has 1 aliphatic rings. The molecule has 0 bridgehead atoms. The van der Waals surface area contributed by atoms with Crippen LogP contribution < -0.4 is 9.47 Å². The summed E-state index contributed by atoms with van der Waals surface area (Å²) in [7, 11) is 3.32. The molecule has 0 radical (unpaired) electrons. The van der Waals surface area contributed by atoms with Crippen LogP contribution in [0.5, 0.6) is 11.5 Å². The lowest BCUT2D eigenvalue weighted by atomic mass is 9.86. The second-order valence-electron chi connectivity index (χ2n) is 7.75. The van der Waals surface area contributed by atoms with Gasteiger partial charge < -0.3 is 14.4 Å². The highest BCUT2D eigenvalue weighted by Gasteiger charge is 2.35. The number of methoxy groups -OCH3 is 2. The molecule has 0 saturated carbocycles. The van der Waals surface area contributed by atoms with Gasteiger partial charge in [-0.25, -0.2) is 0 Å². The van der Waals surface area contributed by atoms with Crippen LogP contribution in [0.4, 0.5) is 0 Å². The number of hydrogen-bond acceptors (Lipinski definition) is 3. The van der Waals surface area contributed by atoms with Crippen LogP contribution in [0.2, 0.25) is 0 Å². The Balaban J connectivity index is 2.06. The summed E-state index contributed by atoms with van der Waals surface area (Å²) in [5.74, 6) is 1.81. The topological polar surface area (TPSA) is 38.8 Å². The van der Waals surface area contributed by atoms with Gasteiger partial charge >= 0.3 is 0 Å². The van der Waals surface area contributed by atoms with Crippen LogP contribution in [0.1, 0.15) is 62.3 Å². The Morgan fingerprint density at radius 3 is 2.41 bits per heavy atom. The predicted octanol–water partition coefficient (Wildman–Crippen LogP) is 5.39. The molecule has 4 nitrogen and oxygen atoms in total. The van der Waals surface area contributed by atoms with Gasteiger partial charge in [-0.05, 0) is 48.1 Å². The van der Waals surface area contributed by atoms with Crippen molar-refractivity contribution in [1.82, 2.24) is 4.90 Å². The zero-order valence-corrected chi connectivity index (χ0v) is 18.1. The van der Waals surface area contributed by atoms with Crippen molar-refractivity contribution in [2.75, 3.05) is 20.8 Å². The normalized spacial score (nSPS) is 16.8. The van der Waals surface area contributed by atoms with Gasteiger partial charge in [-0.15, -0.1) is 0 Å². The molecule has 1 heterocycles. The van der Waals surface area contributed by atoms with E-state index in [4.69, 9.17) is 9.47 Å². The Hall–Kier alpha value is -2.49. The quantitative estimate of drug-likeness (QED) is 0.601. The van der Waals surface area contributed by atoms with E-state index in [-0.39, 0.29) is 17.9 Å². The molecule has 1 amide bonds. The Bertz CT molecular complexity index is 818. The van der Waals surface area contributed by atoms with E-state index in [1.165, 1.54) is 5.56 Å². The summed E-state index contributed by atoms with van der Waals surface area (Å²) in [6.45, 7) is 5.03. The van der Waals surface area contributed by atoms with Crippen LogP contribution in [0.25, 0.3) is 0 Å². The number of hydrogen-bond donors (Lipinski definition) is 0. The number of nitrogens with zero attached hydrogens (tertiary/aromatic N) is 1. The summed E-state index contributed by atoms with van der Waals surface area (Å²) < 4.78 is 11.1. The third-order valence-corrected chi connectivity index (χ3v) is 6.02. The predicted molar refractivity (Wildman–Crippen MR) is 117 cm³/mol. The van der Waals surface area contributed by atoms with Crippen molar-refractivity contribution in [2.24, 2.45) is 5.92 Å². The lowest BCUT2D eigenvalue weighted by Gasteiger charge is -2.40. The fourth-order valence-electron chi connectivity index (χ4n) is 4.37. The summed E-state index contributed by atoms with van der Waals surface area (Å²) in [6, 6.07) is 14.4. The molecular formula is C25H33NO3. The second-order valence-corrected chi connectivity index (χ2v) is 7.75. The van der Waals surface area contributed by atoms with Gasteiger partial charge in [0.2, 0.25) is 5.91 Å². The Morgan fingerprint density at radius 2 is 1.79 bits per heavy atom. The molecule has 2 aromatic rings. The lowest BCUT2D eigenvalue weighted by Crippen LogP contribution is -2.43. The van der Waals surface area contributed by atoms with Crippen molar-refractivity contribution in [2.45, 2.75) is 52.0 Å². The number of rotatable bonds is 8. The minimum Gasteiger partial charge on any atom is -0.493 e. The number of carbonyl (C=O) groups is 1. The molecule has 2 atom stereocenters. The van der Waals surface area contributed by atoms with Gasteiger partial charge in [0, 0.05) is 12.5 Å². The van der Waals surface area contributed by atoms with E-state index in [2.05, 4.69) is 43.0 Å². The summed E-state index contributed by atoms with van der Waals surface area (Å²) in [5, 5.41) is 0. The first-order valence-electron chi connectivity index (χ1n) is 10.7.